The molecule has 0 saturated carbocycles. The molecule has 0 atom stereocenters. The fourth-order valence-electron chi connectivity index (χ4n) is 2.22. The Balaban J connectivity index is 1.65. The van der Waals surface area contributed by atoms with Crippen molar-refractivity contribution in [2.24, 2.45) is 0 Å². The van der Waals surface area contributed by atoms with Crippen LogP contribution in [0.5, 0.6) is 5.75 Å². The van der Waals surface area contributed by atoms with Gasteiger partial charge in [0.15, 0.2) is 0 Å². The van der Waals surface area contributed by atoms with Crippen LogP contribution in [0.1, 0.15) is 11.3 Å². The van der Waals surface area contributed by atoms with Crippen LogP contribution >= 0.6 is 0 Å². The summed E-state index contributed by atoms with van der Waals surface area (Å²) in [4.78, 5) is 4.18. The Morgan fingerprint density at radius 2 is 1.77 bits per heavy atom. The molecule has 0 radical (unpaired) electrons. The highest BCUT2D eigenvalue weighted by atomic mass is 32.2. The number of benzene rings is 2. The van der Waals surface area contributed by atoms with E-state index in [0.717, 1.165) is 16.7 Å². The number of sulfonamides is 1. The van der Waals surface area contributed by atoms with Gasteiger partial charge in [-0.1, -0.05) is 42.5 Å². The van der Waals surface area contributed by atoms with Gasteiger partial charge in [0.2, 0.25) is 0 Å². The van der Waals surface area contributed by atoms with E-state index in [1.807, 2.05) is 48.5 Å². The van der Waals surface area contributed by atoms with E-state index in [9.17, 15) is 8.42 Å². The first-order valence-electron chi connectivity index (χ1n) is 7.99. The molecular weight excluding hydrogens is 348 g/mol. The molecule has 0 spiro atoms. The zero-order valence-electron chi connectivity index (χ0n) is 13.9. The zero-order chi connectivity index (χ0) is 18.2. The molecule has 2 aromatic carbocycles. The van der Waals surface area contributed by atoms with Crippen LogP contribution in [0.25, 0.3) is 6.08 Å². The summed E-state index contributed by atoms with van der Waals surface area (Å²) < 4.78 is 32.6. The van der Waals surface area contributed by atoms with E-state index >= 15 is 0 Å². The first kappa shape index (κ1) is 17.7. The Morgan fingerprint density at radius 1 is 0.962 bits per heavy atom. The quantitative estimate of drug-likeness (QED) is 0.684. The molecule has 0 aliphatic carbocycles. The lowest BCUT2D eigenvalue weighted by molar-refractivity contribution is 0.301. The Kier molecular flexibility index (Phi) is 5.66. The van der Waals surface area contributed by atoms with Crippen molar-refractivity contribution in [3.05, 3.63) is 95.7 Å². The van der Waals surface area contributed by atoms with Crippen LogP contribution in [0.2, 0.25) is 0 Å². The van der Waals surface area contributed by atoms with E-state index in [-0.39, 0.29) is 0 Å². The van der Waals surface area contributed by atoms with Crippen molar-refractivity contribution in [1.29, 1.82) is 0 Å². The molecule has 6 heteroatoms. The third-order valence-electron chi connectivity index (χ3n) is 3.45. The predicted octanol–water partition coefficient (Wildman–Crippen LogP) is 4.07. The van der Waals surface area contributed by atoms with Crippen LogP contribution in [0.3, 0.4) is 0 Å². The SMILES string of the molecule is O=S(=O)(/C=C/c1ccccc1)Nc1cccc(OCc2ccccn2)c1. The number of anilines is 1. The van der Waals surface area contributed by atoms with Gasteiger partial charge in [0, 0.05) is 12.3 Å². The summed E-state index contributed by atoms with van der Waals surface area (Å²) in [5, 5.41) is 1.14. The van der Waals surface area contributed by atoms with Crippen molar-refractivity contribution in [2.75, 3.05) is 4.72 Å². The Morgan fingerprint density at radius 3 is 2.54 bits per heavy atom. The van der Waals surface area contributed by atoms with Crippen molar-refractivity contribution < 1.29 is 13.2 Å². The number of nitrogens with zero attached hydrogens (tertiary/aromatic N) is 1. The van der Waals surface area contributed by atoms with Crippen molar-refractivity contribution in [3.63, 3.8) is 0 Å². The summed E-state index contributed by atoms with van der Waals surface area (Å²) in [6.07, 6.45) is 3.24. The molecule has 0 aliphatic heterocycles. The van der Waals surface area contributed by atoms with E-state index < -0.39 is 10.0 Å². The molecule has 0 unspecified atom stereocenters. The van der Waals surface area contributed by atoms with Gasteiger partial charge in [-0.2, -0.15) is 0 Å². The van der Waals surface area contributed by atoms with Crippen molar-refractivity contribution >= 4 is 21.8 Å². The topological polar surface area (TPSA) is 68.3 Å². The van der Waals surface area contributed by atoms with Gasteiger partial charge >= 0.3 is 0 Å². The average Bonchev–Trinajstić information content (AvgIpc) is 2.67. The molecule has 1 heterocycles. The molecule has 0 aliphatic rings. The molecule has 0 amide bonds. The summed E-state index contributed by atoms with van der Waals surface area (Å²) in [6.45, 7) is 0.310. The average molecular weight is 366 g/mol. The van der Waals surface area contributed by atoms with Gasteiger partial charge in [-0.3, -0.25) is 9.71 Å². The summed E-state index contributed by atoms with van der Waals surface area (Å²) in [6, 6.07) is 21.6. The highest BCUT2D eigenvalue weighted by Gasteiger charge is 2.07. The third kappa shape index (κ3) is 5.46. The van der Waals surface area contributed by atoms with Gasteiger partial charge in [-0.15, -0.1) is 0 Å². The lowest BCUT2D eigenvalue weighted by Gasteiger charge is -2.09. The predicted molar refractivity (Wildman–Crippen MR) is 103 cm³/mol. The number of hydrogen-bond acceptors (Lipinski definition) is 4. The monoisotopic (exact) mass is 366 g/mol. The van der Waals surface area contributed by atoms with E-state index in [1.54, 1.807) is 36.5 Å². The summed E-state index contributed by atoms with van der Waals surface area (Å²) in [7, 11) is -3.62. The standard InChI is InChI=1S/C20H18N2O3S/c23-26(24,14-12-17-7-2-1-3-8-17)22-18-10-6-11-20(15-18)25-16-19-9-4-5-13-21-19/h1-15,22H,16H2/b14-12+. The number of hydrogen-bond donors (Lipinski definition) is 1. The first-order valence-corrected chi connectivity index (χ1v) is 9.54. The van der Waals surface area contributed by atoms with Crippen LogP contribution in [0, 0.1) is 0 Å². The third-order valence-corrected chi connectivity index (χ3v) is 4.46. The molecule has 5 nitrogen and oxygen atoms in total. The normalized spacial score (nSPS) is 11.4. The van der Waals surface area contributed by atoms with E-state index in [2.05, 4.69) is 9.71 Å². The number of rotatable bonds is 7. The van der Waals surface area contributed by atoms with Gasteiger partial charge in [0.1, 0.15) is 12.4 Å². The second-order valence-corrected chi connectivity index (χ2v) is 7.06. The Bertz CT molecular complexity index is 972. The van der Waals surface area contributed by atoms with E-state index in [0.29, 0.717) is 18.0 Å². The van der Waals surface area contributed by atoms with Crippen molar-refractivity contribution in [3.8, 4) is 5.75 Å². The van der Waals surface area contributed by atoms with Crippen molar-refractivity contribution in [2.45, 2.75) is 6.61 Å². The molecule has 26 heavy (non-hydrogen) atoms. The maximum atomic E-state index is 12.2. The maximum absolute atomic E-state index is 12.2. The number of nitrogens with one attached hydrogen (secondary N) is 1. The van der Waals surface area contributed by atoms with Gasteiger partial charge in [0.25, 0.3) is 10.0 Å². The molecule has 3 rings (SSSR count). The van der Waals surface area contributed by atoms with Crippen LogP contribution in [0.15, 0.2) is 84.4 Å². The molecule has 132 valence electrons. The molecule has 0 saturated heterocycles. The largest absolute Gasteiger partial charge is 0.487 e. The molecular formula is C20H18N2O3S. The Labute approximate surface area is 153 Å². The summed E-state index contributed by atoms with van der Waals surface area (Å²) in [5.74, 6) is 0.558. The van der Waals surface area contributed by atoms with Gasteiger partial charge in [-0.25, -0.2) is 8.42 Å². The minimum atomic E-state index is -3.62. The first-order chi connectivity index (χ1) is 12.6. The lowest BCUT2D eigenvalue weighted by Crippen LogP contribution is -2.09. The lowest BCUT2D eigenvalue weighted by atomic mass is 10.2. The fraction of sp³-hybridized carbons (Fsp3) is 0.0500. The number of aromatic nitrogens is 1. The zero-order valence-corrected chi connectivity index (χ0v) is 14.8. The smallest absolute Gasteiger partial charge is 0.255 e. The van der Waals surface area contributed by atoms with Crippen LogP contribution in [-0.4, -0.2) is 13.4 Å². The number of ether oxygens (including phenoxy) is 1. The number of pyridine rings is 1. The van der Waals surface area contributed by atoms with Crippen LogP contribution in [0.4, 0.5) is 5.69 Å². The van der Waals surface area contributed by atoms with Crippen LogP contribution < -0.4 is 9.46 Å². The van der Waals surface area contributed by atoms with Gasteiger partial charge in [-0.05, 0) is 35.9 Å². The van der Waals surface area contributed by atoms with E-state index in [4.69, 9.17) is 4.74 Å². The van der Waals surface area contributed by atoms with Crippen LogP contribution in [-0.2, 0) is 16.6 Å². The molecule has 1 aromatic heterocycles. The minimum Gasteiger partial charge on any atom is -0.487 e. The van der Waals surface area contributed by atoms with Crippen molar-refractivity contribution in [1.82, 2.24) is 4.98 Å². The highest BCUT2D eigenvalue weighted by Crippen LogP contribution is 2.20. The van der Waals surface area contributed by atoms with Gasteiger partial charge in [0.05, 0.1) is 16.8 Å². The fourth-order valence-corrected chi connectivity index (χ4v) is 3.08. The molecule has 0 fully saturated rings. The molecule has 3 aromatic rings. The summed E-state index contributed by atoms with van der Waals surface area (Å²) in [5.41, 5.74) is 2.04. The second-order valence-electron chi connectivity index (χ2n) is 5.50. The molecule has 1 N–H and O–H groups in total. The second kappa shape index (κ2) is 8.31. The molecule has 0 bridgehead atoms. The van der Waals surface area contributed by atoms with E-state index in [1.165, 1.54) is 0 Å². The Hall–Kier alpha value is -3.12. The van der Waals surface area contributed by atoms with Gasteiger partial charge < -0.3 is 4.74 Å². The highest BCUT2D eigenvalue weighted by molar-refractivity contribution is 7.95. The maximum Gasteiger partial charge on any atom is 0.255 e. The summed E-state index contributed by atoms with van der Waals surface area (Å²) >= 11 is 0. The minimum absolute atomic E-state index is 0.310.